The summed E-state index contributed by atoms with van der Waals surface area (Å²) in [7, 11) is 0. The fraction of sp³-hybridized carbons (Fsp3) is 0.353. The Morgan fingerprint density at radius 3 is 2.59 bits per heavy atom. The summed E-state index contributed by atoms with van der Waals surface area (Å²) in [4.78, 5) is 11.5. The zero-order chi connectivity index (χ0) is 16.5. The molecule has 5 heteroatoms. The van der Waals surface area contributed by atoms with Crippen molar-refractivity contribution in [3.8, 4) is 0 Å². The molecule has 0 fully saturated rings. The average molecular weight is 310 g/mol. The second-order valence-corrected chi connectivity index (χ2v) is 5.75. The van der Waals surface area contributed by atoms with Gasteiger partial charge in [0.1, 0.15) is 5.76 Å². The summed E-state index contributed by atoms with van der Waals surface area (Å²) in [5.74, 6) is -2.61. The lowest BCUT2D eigenvalue weighted by molar-refractivity contribution is -0.167. The van der Waals surface area contributed by atoms with Gasteiger partial charge in [-0.2, -0.15) is 13.2 Å². The Morgan fingerprint density at radius 1 is 1.32 bits per heavy atom. The summed E-state index contributed by atoms with van der Waals surface area (Å²) in [6.45, 7) is 3.67. The molecule has 2 rings (SSSR count). The largest absolute Gasteiger partial charge is 0.507 e. The number of aliphatic hydroxyl groups excluding tert-OH is 1. The number of allylic oxidation sites excluding steroid dienone is 2. The molecule has 1 atom stereocenters. The number of Topliss-reactive ketones (excluding diaryl/α,β-unsaturated/α-hetero) is 1. The number of alkyl halides is 3. The monoisotopic (exact) mass is 310 g/mol. The zero-order valence-corrected chi connectivity index (χ0v) is 12.4. The van der Waals surface area contributed by atoms with Crippen LogP contribution in [-0.2, 0) is 4.79 Å². The second kappa shape index (κ2) is 5.99. The first-order valence-electron chi connectivity index (χ1n) is 6.99. The maximum Gasteiger partial charge on any atom is 0.454 e. The highest BCUT2D eigenvalue weighted by molar-refractivity contribution is 6.01. The van der Waals surface area contributed by atoms with Crippen molar-refractivity contribution in [1.29, 1.82) is 0 Å². The number of carbonyl (C=O) groups excluding carboxylic acids is 1. The molecule has 0 aliphatic heterocycles. The molecule has 2 nitrogen and oxygen atoms in total. The van der Waals surface area contributed by atoms with Crippen LogP contribution in [0.25, 0.3) is 6.08 Å². The summed E-state index contributed by atoms with van der Waals surface area (Å²) in [6, 6.07) is 7.40. The predicted molar refractivity (Wildman–Crippen MR) is 78.3 cm³/mol. The molecule has 0 bridgehead atoms. The average Bonchev–Trinajstić information content (AvgIpc) is 2.40. The van der Waals surface area contributed by atoms with Gasteiger partial charge in [0.15, 0.2) is 0 Å². The van der Waals surface area contributed by atoms with Crippen LogP contribution in [0.5, 0.6) is 0 Å². The lowest BCUT2D eigenvalue weighted by Crippen LogP contribution is -2.28. The molecule has 1 N–H and O–H groups in total. The van der Waals surface area contributed by atoms with Gasteiger partial charge in [0.25, 0.3) is 5.78 Å². The van der Waals surface area contributed by atoms with Crippen LogP contribution in [0.3, 0.4) is 0 Å². The molecule has 22 heavy (non-hydrogen) atoms. The Morgan fingerprint density at radius 2 is 2.00 bits per heavy atom. The minimum Gasteiger partial charge on any atom is -0.507 e. The molecule has 0 unspecified atom stereocenters. The summed E-state index contributed by atoms with van der Waals surface area (Å²) >= 11 is 0. The van der Waals surface area contributed by atoms with E-state index in [2.05, 4.69) is 0 Å². The minimum absolute atomic E-state index is 0.0602. The van der Waals surface area contributed by atoms with Crippen LogP contribution >= 0.6 is 0 Å². The summed E-state index contributed by atoms with van der Waals surface area (Å²) in [6.07, 6.45) is -2.94. The normalized spacial score (nSPS) is 21.3. The van der Waals surface area contributed by atoms with Gasteiger partial charge in [-0.1, -0.05) is 36.8 Å². The summed E-state index contributed by atoms with van der Waals surface area (Å²) in [5.41, 5.74) is 1.63. The third-order valence-electron chi connectivity index (χ3n) is 3.63. The van der Waals surface area contributed by atoms with E-state index in [1.807, 2.05) is 25.1 Å². The first-order valence-corrected chi connectivity index (χ1v) is 6.99. The summed E-state index contributed by atoms with van der Waals surface area (Å²) < 4.78 is 37.9. The molecule has 0 aromatic heterocycles. The maximum absolute atomic E-state index is 12.6. The lowest BCUT2D eigenvalue weighted by atomic mass is 9.83. The van der Waals surface area contributed by atoms with Crippen LogP contribution in [0.1, 0.15) is 30.9 Å². The number of rotatable bonds is 2. The van der Waals surface area contributed by atoms with E-state index in [1.54, 1.807) is 19.1 Å². The third-order valence-corrected chi connectivity index (χ3v) is 3.63. The second-order valence-electron chi connectivity index (χ2n) is 5.75. The Bertz CT molecular complexity index is 654. The molecular weight excluding hydrogens is 293 g/mol. The van der Waals surface area contributed by atoms with Gasteiger partial charge in [0, 0.05) is 5.57 Å². The summed E-state index contributed by atoms with van der Waals surface area (Å²) in [5, 5.41) is 10.1. The minimum atomic E-state index is -4.96. The van der Waals surface area contributed by atoms with Crippen molar-refractivity contribution in [3.05, 3.63) is 52.3 Å². The molecule has 118 valence electrons. The number of hydrogen-bond acceptors (Lipinski definition) is 2. The van der Waals surface area contributed by atoms with Crippen molar-refractivity contribution in [2.45, 2.75) is 32.9 Å². The first kappa shape index (κ1) is 16.3. The highest BCUT2D eigenvalue weighted by atomic mass is 19.4. The smallest absolute Gasteiger partial charge is 0.454 e. The van der Waals surface area contributed by atoms with Crippen LogP contribution in [0.15, 0.2) is 41.2 Å². The highest BCUT2D eigenvalue weighted by Crippen LogP contribution is 2.36. The fourth-order valence-corrected chi connectivity index (χ4v) is 2.64. The molecule has 0 amide bonds. The maximum atomic E-state index is 12.6. The number of halogens is 3. The van der Waals surface area contributed by atoms with Crippen molar-refractivity contribution in [1.82, 2.24) is 0 Å². The van der Waals surface area contributed by atoms with E-state index < -0.39 is 23.3 Å². The predicted octanol–water partition coefficient (Wildman–Crippen LogP) is 4.75. The number of aryl methyl sites for hydroxylation is 1. The van der Waals surface area contributed by atoms with E-state index in [1.165, 1.54) is 0 Å². The van der Waals surface area contributed by atoms with Crippen LogP contribution in [0.4, 0.5) is 13.2 Å². The van der Waals surface area contributed by atoms with Crippen molar-refractivity contribution in [2.24, 2.45) is 5.92 Å². The molecule has 0 saturated carbocycles. The molecule has 1 aromatic rings. The fourth-order valence-electron chi connectivity index (χ4n) is 2.64. The van der Waals surface area contributed by atoms with E-state index in [0.29, 0.717) is 12.0 Å². The molecule has 1 aliphatic rings. The van der Waals surface area contributed by atoms with Gasteiger partial charge in [-0.15, -0.1) is 0 Å². The van der Waals surface area contributed by atoms with E-state index in [9.17, 15) is 23.1 Å². The van der Waals surface area contributed by atoms with Gasteiger partial charge >= 0.3 is 6.18 Å². The van der Waals surface area contributed by atoms with Crippen molar-refractivity contribution in [3.63, 3.8) is 0 Å². The van der Waals surface area contributed by atoms with Crippen molar-refractivity contribution < 1.29 is 23.1 Å². The SMILES string of the molecule is Cc1cccc(/C=C2\C[C@H](C)CC(C(=O)C(F)(F)F)=C2O)c1. The Kier molecular flexibility index (Phi) is 4.44. The zero-order valence-electron chi connectivity index (χ0n) is 12.4. The van der Waals surface area contributed by atoms with Crippen molar-refractivity contribution in [2.75, 3.05) is 0 Å². The molecule has 0 spiro atoms. The quantitative estimate of drug-likeness (QED) is 0.855. The molecular formula is C17H17F3O2. The molecule has 0 saturated heterocycles. The number of hydrogen-bond donors (Lipinski definition) is 1. The van der Waals surface area contributed by atoms with E-state index in [-0.39, 0.29) is 12.3 Å². The van der Waals surface area contributed by atoms with Gasteiger partial charge in [0.05, 0.1) is 0 Å². The number of benzene rings is 1. The molecule has 0 radical (unpaired) electrons. The first-order chi connectivity index (χ1) is 10.2. The molecule has 0 heterocycles. The van der Waals surface area contributed by atoms with Crippen LogP contribution in [-0.4, -0.2) is 17.1 Å². The molecule has 1 aliphatic carbocycles. The standard InChI is InChI=1S/C17H17F3O2/c1-10-4-3-5-12(6-10)9-13-7-11(2)8-14(15(13)21)16(22)17(18,19)20/h3-6,9,11,21H,7-8H2,1-2H3/b13-9+/t11-/m0/s1. The lowest BCUT2D eigenvalue weighted by Gasteiger charge is -2.24. The van der Waals surface area contributed by atoms with Crippen LogP contribution < -0.4 is 0 Å². The highest BCUT2D eigenvalue weighted by Gasteiger charge is 2.43. The Labute approximate surface area is 127 Å². The topological polar surface area (TPSA) is 37.3 Å². The van der Waals surface area contributed by atoms with Gasteiger partial charge in [0.2, 0.25) is 0 Å². The number of carbonyl (C=O) groups is 1. The number of aliphatic hydroxyl groups is 1. The van der Waals surface area contributed by atoms with E-state index in [0.717, 1.165) is 11.1 Å². The van der Waals surface area contributed by atoms with Crippen LogP contribution in [0, 0.1) is 12.8 Å². The Balaban J connectivity index is 2.45. The number of ketones is 1. The molecule has 1 aromatic carbocycles. The van der Waals surface area contributed by atoms with Crippen LogP contribution in [0.2, 0.25) is 0 Å². The van der Waals surface area contributed by atoms with Gasteiger partial charge in [-0.05, 0) is 42.9 Å². The van der Waals surface area contributed by atoms with Gasteiger partial charge in [-0.25, -0.2) is 0 Å². The third kappa shape index (κ3) is 3.59. The van der Waals surface area contributed by atoms with Gasteiger partial charge < -0.3 is 5.11 Å². The van der Waals surface area contributed by atoms with E-state index >= 15 is 0 Å². The van der Waals surface area contributed by atoms with Gasteiger partial charge in [-0.3, -0.25) is 4.79 Å². The van der Waals surface area contributed by atoms with E-state index in [4.69, 9.17) is 0 Å². The van der Waals surface area contributed by atoms with Crippen molar-refractivity contribution >= 4 is 11.9 Å². The Hall–Kier alpha value is -2.04.